The van der Waals surface area contributed by atoms with Crippen LogP contribution < -0.4 is 14.8 Å². The van der Waals surface area contributed by atoms with Crippen molar-refractivity contribution in [3.8, 4) is 11.5 Å². The maximum Gasteiger partial charge on any atom is 0.235 e. The lowest BCUT2D eigenvalue weighted by molar-refractivity contribution is -0.118. The van der Waals surface area contributed by atoms with E-state index in [2.05, 4.69) is 5.32 Å². The molecule has 23 heavy (non-hydrogen) atoms. The Morgan fingerprint density at radius 1 is 1.13 bits per heavy atom. The second-order valence-corrected chi connectivity index (χ2v) is 6.05. The minimum Gasteiger partial charge on any atom is -0.497 e. The molecule has 0 atom stereocenters. The van der Waals surface area contributed by atoms with Crippen LogP contribution in [0.2, 0.25) is 5.02 Å². The van der Waals surface area contributed by atoms with Gasteiger partial charge in [0.05, 0.1) is 25.3 Å². The molecule has 1 aliphatic carbocycles. The minimum absolute atomic E-state index is 0.0387. The van der Waals surface area contributed by atoms with Crippen LogP contribution in [0.3, 0.4) is 0 Å². The number of anilines is 1. The van der Waals surface area contributed by atoms with Gasteiger partial charge in [-0.15, -0.1) is 0 Å². The van der Waals surface area contributed by atoms with Gasteiger partial charge in [-0.3, -0.25) is 4.79 Å². The van der Waals surface area contributed by atoms with Crippen molar-refractivity contribution >= 4 is 23.2 Å². The number of halogens is 1. The molecule has 1 saturated carbocycles. The van der Waals surface area contributed by atoms with Crippen molar-refractivity contribution in [1.82, 2.24) is 0 Å². The predicted octanol–water partition coefficient (Wildman–Crippen LogP) is 4.03. The zero-order valence-electron chi connectivity index (χ0n) is 13.1. The molecule has 120 valence electrons. The largest absolute Gasteiger partial charge is 0.497 e. The van der Waals surface area contributed by atoms with Gasteiger partial charge in [0.2, 0.25) is 5.91 Å². The Balaban J connectivity index is 1.85. The summed E-state index contributed by atoms with van der Waals surface area (Å²) in [5.41, 5.74) is 1.09. The van der Waals surface area contributed by atoms with E-state index in [1.165, 1.54) is 0 Å². The first-order valence-electron chi connectivity index (χ1n) is 7.38. The molecule has 0 aliphatic heterocycles. The molecule has 1 amide bonds. The normalized spacial score (nSPS) is 14.9. The number of amides is 1. The summed E-state index contributed by atoms with van der Waals surface area (Å²) in [4.78, 5) is 12.8. The molecule has 1 aliphatic rings. The van der Waals surface area contributed by atoms with Crippen molar-refractivity contribution in [2.75, 3.05) is 19.5 Å². The SMILES string of the molecule is COc1ccc(NC(=O)C2(c3cccc(Cl)c3)CC2)c(OC)c1. The highest BCUT2D eigenvalue weighted by atomic mass is 35.5. The quantitative estimate of drug-likeness (QED) is 0.900. The van der Waals surface area contributed by atoms with Crippen molar-refractivity contribution in [3.05, 3.63) is 53.1 Å². The summed E-state index contributed by atoms with van der Waals surface area (Å²) in [7, 11) is 3.15. The molecule has 5 heteroatoms. The fourth-order valence-corrected chi connectivity index (χ4v) is 2.89. The van der Waals surface area contributed by atoms with E-state index in [0.29, 0.717) is 22.2 Å². The van der Waals surface area contributed by atoms with E-state index in [0.717, 1.165) is 18.4 Å². The fraction of sp³-hybridized carbons (Fsp3) is 0.278. The van der Waals surface area contributed by atoms with Crippen LogP contribution in [0.1, 0.15) is 18.4 Å². The van der Waals surface area contributed by atoms with Gasteiger partial charge >= 0.3 is 0 Å². The van der Waals surface area contributed by atoms with Crippen LogP contribution >= 0.6 is 11.6 Å². The van der Waals surface area contributed by atoms with Crippen molar-refractivity contribution in [2.45, 2.75) is 18.3 Å². The third-order valence-electron chi connectivity index (χ3n) is 4.22. The van der Waals surface area contributed by atoms with Crippen LogP contribution in [0.15, 0.2) is 42.5 Å². The Morgan fingerprint density at radius 2 is 1.91 bits per heavy atom. The van der Waals surface area contributed by atoms with Crippen molar-refractivity contribution < 1.29 is 14.3 Å². The fourth-order valence-electron chi connectivity index (χ4n) is 2.70. The number of methoxy groups -OCH3 is 2. The van der Waals surface area contributed by atoms with Crippen LogP contribution in [0.5, 0.6) is 11.5 Å². The summed E-state index contributed by atoms with van der Waals surface area (Å²) >= 11 is 6.06. The molecular weight excluding hydrogens is 314 g/mol. The molecule has 1 fully saturated rings. The third kappa shape index (κ3) is 2.99. The number of carbonyl (C=O) groups excluding carboxylic acids is 1. The molecule has 0 saturated heterocycles. The molecule has 1 N–H and O–H groups in total. The summed E-state index contributed by atoms with van der Waals surface area (Å²) in [5, 5.41) is 3.61. The van der Waals surface area contributed by atoms with Crippen molar-refractivity contribution in [1.29, 1.82) is 0 Å². The predicted molar refractivity (Wildman–Crippen MR) is 90.5 cm³/mol. The maximum atomic E-state index is 12.8. The lowest BCUT2D eigenvalue weighted by Gasteiger charge is -2.18. The van der Waals surface area contributed by atoms with Gasteiger partial charge in [-0.05, 0) is 42.7 Å². The lowest BCUT2D eigenvalue weighted by atomic mass is 9.95. The van der Waals surface area contributed by atoms with Crippen LogP contribution in [-0.4, -0.2) is 20.1 Å². The average molecular weight is 332 g/mol. The molecule has 0 bridgehead atoms. The Kier molecular flexibility index (Phi) is 4.18. The first kappa shape index (κ1) is 15.7. The molecule has 0 radical (unpaired) electrons. The summed E-state index contributed by atoms with van der Waals surface area (Å²) in [6.45, 7) is 0. The number of nitrogens with one attached hydrogen (secondary N) is 1. The van der Waals surface area contributed by atoms with Gasteiger partial charge < -0.3 is 14.8 Å². The third-order valence-corrected chi connectivity index (χ3v) is 4.45. The summed E-state index contributed by atoms with van der Waals surface area (Å²) in [6.07, 6.45) is 1.63. The zero-order chi connectivity index (χ0) is 16.4. The highest BCUT2D eigenvalue weighted by molar-refractivity contribution is 6.30. The zero-order valence-corrected chi connectivity index (χ0v) is 13.8. The van der Waals surface area contributed by atoms with E-state index >= 15 is 0 Å². The van der Waals surface area contributed by atoms with Crippen LogP contribution in [-0.2, 0) is 10.2 Å². The smallest absolute Gasteiger partial charge is 0.235 e. The highest BCUT2D eigenvalue weighted by Crippen LogP contribution is 2.49. The second kappa shape index (κ2) is 6.13. The van der Waals surface area contributed by atoms with Gasteiger partial charge in [0, 0.05) is 11.1 Å². The molecule has 3 rings (SSSR count). The van der Waals surface area contributed by atoms with Crippen LogP contribution in [0.25, 0.3) is 0 Å². The minimum atomic E-state index is -0.490. The Bertz CT molecular complexity index is 741. The topological polar surface area (TPSA) is 47.6 Å². The number of hydrogen-bond donors (Lipinski definition) is 1. The number of rotatable bonds is 5. The number of ether oxygens (including phenoxy) is 2. The van der Waals surface area contributed by atoms with Gasteiger partial charge in [-0.25, -0.2) is 0 Å². The molecule has 0 aromatic heterocycles. The first-order valence-corrected chi connectivity index (χ1v) is 7.76. The van der Waals surface area contributed by atoms with E-state index in [-0.39, 0.29) is 5.91 Å². The van der Waals surface area contributed by atoms with Crippen LogP contribution in [0.4, 0.5) is 5.69 Å². The molecule has 2 aromatic rings. The van der Waals surface area contributed by atoms with Gasteiger partial charge in [0.15, 0.2) is 0 Å². The highest BCUT2D eigenvalue weighted by Gasteiger charge is 2.51. The molecule has 0 unspecified atom stereocenters. The molecule has 2 aromatic carbocycles. The number of benzene rings is 2. The number of carbonyl (C=O) groups is 1. The van der Waals surface area contributed by atoms with E-state index in [1.807, 2.05) is 24.3 Å². The Hall–Kier alpha value is -2.20. The maximum absolute atomic E-state index is 12.8. The van der Waals surface area contributed by atoms with E-state index < -0.39 is 5.41 Å². The molecule has 0 spiro atoms. The Morgan fingerprint density at radius 3 is 2.52 bits per heavy atom. The summed E-state index contributed by atoms with van der Waals surface area (Å²) < 4.78 is 10.5. The standard InChI is InChI=1S/C18H18ClNO3/c1-22-14-6-7-15(16(11-14)23-2)20-17(21)18(8-9-18)12-4-3-5-13(19)10-12/h3-7,10-11H,8-9H2,1-2H3,(H,20,21). The van der Waals surface area contributed by atoms with Crippen molar-refractivity contribution in [3.63, 3.8) is 0 Å². The van der Waals surface area contributed by atoms with E-state index in [1.54, 1.807) is 32.4 Å². The average Bonchev–Trinajstić information content (AvgIpc) is 3.37. The first-order chi connectivity index (χ1) is 11.1. The van der Waals surface area contributed by atoms with Crippen molar-refractivity contribution in [2.24, 2.45) is 0 Å². The van der Waals surface area contributed by atoms with Gasteiger partial charge in [0.25, 0.3) is 0 Å². The Labute approximate surface area is 140 Å². The van der Waals surface area contributed by atoms with E-state index in [9.17, 15) is 4.79 Å². The number of hydrogen-bond acceptors (Lipinski definition) is 3. The molecule has 0 heterocycles. The molecular formula is C18H18ClNO3. The summed E-state index contributed by atoms with van der Waals surface area (Å²) in [5.74, 6) is 1.21. The monoisotopic (exact) mass is 331 g/mol. The van der Waals surface area contributed by atoms with Crippen LogP contribution in [0, 0.1) is 0 Å². The molecule has 4 nitrogen and oxygen atoms in total. The van der Waals surface area contributed by atoms with Gasteiger partial charge in [-0.2, -0.15) is 0 Å². The second-order valence-electron chi connectivity index (χ2n) is 5.61. The van der Waals surface area contributed by atoms with Gasteiger partial charge in [-0.1, -0.05) is 23.7 Å². The summed E-state index contributed by atoms with van der Waals surface area (Å²) in [6, 6.07) is 12.8. The van der Waals surface area contributed by atoms with E-state index in [4.69, 9.17) is 21.1 Å². The lowest BCUT2D eigenvalue weighted by Crippen LogP contribution is -2.28. The van der Waals surface area contributed by atoms with Gasteiger partial charge in [0.1, 0.15) is 11.5 Å².